The highest BCUT2D eigenvalue weighted by atomic mass is 19.1. The zero-order valence-corrected chi connectivity index (χ0v) is 17.1. The van der Waals surface area contributed by atoms with Gasteiger partial charge >= 0.3 is 0 Å². The van der Waals surface area contributed by atoms with Gasteiger partial charge in [-0.25, -0.2) is 4.39 Å². The third-order valence-electron chi connectivity index (χ3n) is 5.71. The molecule has 3 aromatic rings. The molecule has 146 valence electrons. The van der Waals surface area contributed by atoms with E-state index in [1.165, 1.54) is 78.5 Å². The molecule has 0 heterocycles. The maximum Gasteiger partial charge on any atom is 0.123 e. The van der Waals surface area contributed by atoms with Crippen molar-refractivity contribution in [2.45, 2.75) is 51.9 Å². The van der Waals surface area contributed by atoms with E-state index in [4.69, 9.17) is 0 Å². The Bertz CT molecular complexity index is 1050. The Hall–Kier alpha value is -2.85. The molecule has 3 aromatic carbocycles. The number of rotatable bonds is 6. The monoisotopic (exact) mass is 382 g/mol. The maximum atomic E-state index is 13.0. The van der Waals surface area contributed by atoms with Crippen LogP contribution in [-0.4, -0.2) is 0 Å². The van der Waals surface area contributed by atoms with Crippen molar-refractivity contribution < 1.29 is 4.39 Å². The van der Waals surface area contributed by atoms with Gasteiger partial charge < -0.3 is 0 Å². The molecule has 0 spiro atoms. The number of hydrogen-bond donors (Lipinski definition) is 0. The van der Waals surface area contributed by atoms with Crippen LogP contribution in [0.25, 0.3) is 11.1 Å². The molecule has 0 saturated heterocycles. The Morgan fingerprint density at radius 2 is 1.38 bits per heavy atom. The molecule has 0 radical (unpaired) electrons. The van der Waals surface area contributed by atoms with E-state index in [2.05, 4.69) is 55.2 Å². The van der Waals surface area contributed by atoms with Gasteiger partial charge in [-0.2, -0.15) is 0 Å². The van der Waals surface area contributed by atoms with Gasteiger partial charge in [-0.15, -0.1) is 0 Å². The number of aryl methyl sites for hydroxylation is 1. The fourth-order valence-corrected chi connectivity index (χ4v) is 4.11. The molecule has 1 aliphatic rings. The van der Waals surface area contributed by atoms with E-state index >= 15 is 0 Å². The van der Waals surface area contributed by atoms with E-state index in [1.807, 2.05) is 0 Å². The fraction of sp³-hybridized carbons (Fsp3) is 0.286. The van der Waals surface area contributed by atoms with Crippen molar-refractivity contribution >= 4 is 0 Å². The van der Waals surface area contributed by atoms with Gasteiger partial charge in [0.1, 0.15) is 5.82 Å². The van der Waals surface area contributed by atoms with Crippen LogP contribution < -0.4 is 0 Å². The molecule has 0 bridgehead atoms. The number of unbranched alkanes of at least 4 members (excludes halogenated alkanes) is 4. The minimum Gasteiger partial charge on any atom is -0.207 e. The molecule has 0 nitrogen and oxygen atoms in total. The molecule has 0 N–H and O–H groups in total. The van der Waals surface area contributed by atoms with E-state index in [9.17, 15) is 4.39 Å². The van der Waals surface area contributed by atoms with Crippen molar-refractivity contribution in [2.75, 3.05) is 0 Å². The summed E-state index contributed by atoms with van der Waals surface area (Å²) in [6.45, 7) is 2.26. The van der Waals surface area contributed by atoms with Crippen LogP contribution in [0.4, 0.5) is 4.39 Å². The molecule has 0 fully saturated rings. The number of benzene rings is 3. The Balaban J connectivity index is 1.45. The van der Waals surface area contributed by atoms with Gasteiger partial charge in [0, 0.05) is 11.1 Å². The third-order valence-corrected chi connectivity index (χ3v) is 5.71. The molecule has 0 atom stereocenters. The van der Waals surface area contributed by atoms with Crippen LogP contribution >= 0.6 is 0 Å². The maximum absolute atomic E-state index is 13.0. The van der Waals surface area contributed by atoms with Crippen LogP contribution in [0.2, 0.25) is 0 Å². The van der Waals surface area contributed by atoms with Gasteiger partial charge in [-0.3, -0.25) is 0 Å². The van der Waals surface area contributed by atoms with E-state index in [-0.39, 0.29) is 5.82 Å². The first kappa shape index (κ1) is 19.5. The Morgan fingerprint density at radius 1 is 0.724 bits per heavy atom. The van der Waals surface area contributed by atoms with Crippen molar-refractivity contribution in [2.24, 2.45) is 0 Å². The van der Waals surface area contributed by atoms with Gasteiger partial charge in [0.15, 0.2) is 0 Å². The van der Waals surface area contributed by atoms with Gasteiger partial charge in [0.2, 0.25) is 0 Å². The van der Waals surface area contributed by atoms with Crippen LogP contribution in [-0.2, 0) is 12.8 Å². The standard InChI is InChI=1S/C28H27F/c1-2-3-4-5-6-7-22-12-16-27-24(18-22)20-25-19-23(13-17-28(25)27)9-8-21-10-14-26(29)15-11-21/h10-19H,2-7,20H2,1H3. The lowest BCUT2D eigenvalue weighted by atomic mass is 9.99. The minimum atomic E-state index is -0.230. The van der Waals surface area contributed by atoms with Crippen molar-refractivity contribution in [3.05, 3.63) is 94.3 Å². The molecular formula is C28H27F. The highest BCUT2D eigenvalue weighted by molar-refractivity contribution is 5.77. The molecule has 0 saturated carbocycles. The van der Waals surface area contributed by atoms with Crippen molar-refractivity contribution in [1.82, 2.24) is 0 Å². The average Bonchev–Trinajstić information content (AvgIpc) is 3.10. The zero-order chi connectivity index (χ0) is 20.1. The normalized spacial score (nSPS) is 11.5. The summed E-state index contributed by atoms with van der Waals surface area (Å²) in [5.74, 6) is 6.12. The van der Waals surface area contributed by atoms with Crippen LogP contribution in [0.3, 0.4) is 0 Å². The van der Waals surface area contributed by atoms with E-state index in [1.54, 1.807) is 12.1 Å². The summed E-state index contributed by atoms with van der Waals surface area (Å²) in [4.78, 5) is 0. The Morgan fingerprint density at radius 3 is 2.17 bits per heavy atom. The second-order valence-electron chi connectivity index (χ2n) is 7.96. The zero-order valence-electron chi connectivity index (χ0n) is 17.1. The van der Waals surface area contributed by atoms with Crippen LogP contribution in [0.5, 0.6) is 0 Å². The lowest BCUT2D eigenvalue weighted by Crippen LogP contribution is -1.89. The lowest BCUT2D eigenvalue weighted by molar-refractivity contribution is 0.627. The highest BCUT2D eigenvalue weighted by Gasteiger charge is 2.18. The predicted molar refractivity (Wildman–Crippen MR) is 120 cm³/mol. The second-order valence-corrected chi connectivity index (χ2v) is 7.96. The quantitative estimate of drug-likeness (QED) is 0.242. The molecule has 1 heteroatoms. The van der Waals surface area contributed by atoms with Crippen LogP contribution in [0, 0.1) is 17.7 Å². The summed E-state index contributed by atoms with van der Waals surface area (Å²) in [6.07, 6.45) is 8.80. The molecule has 4 rings (SSSR count). The van der Waals surface area contributed by atoms with Gasteiger partial charge in [0.25, 0.3) is 0 Å². The minimum absolute atomic E-state index is 0.230. The summed E-state index contributed by atoms with van der Waals surface area (Å²) in [7, 11) is 0. The molecule has 0 amide bonds. The molecule has 0 aliphatic heterocycles. The molecule has 0 aromatic heterocycles. The largest absolute Gasteiger partial charge is 0.207 e. The molecule has 0 unspecified atom stereocenters. The summed E-state index contributed by atoms with van der Waals surface area (Å²) in [5.41, 5.74) is 8.80. The first-order chi connectivity index (χ1) is 14.2. The van der Waals surface area contributed by atoms with Gasteiger partial charge in [-0.05, 0) is 83.5 Å². The van der Waals surface area contributed by atoms with Gasteiger partial charge in [0.05, 0.1) is 0 Å². The first-order valence-electron chi connectivity index (χ1n) is 10.8. The SMILES string of the molecule is CCCCCCCc1ccc2c(c1)Cc1cc(C#Cc3ccc(F)cc3)ccc1-2. The molecule has 29 heavy (non-hydrogen) atoms. The topological polar surface area (TPSA) is 0 Å². The number of halogens is 1. The van der Waals surface area contributed by atoms with Crippen molar-refractivity contribution in [3.8, 4) is 23.0 Å². The predicted octanol–water partition coefficient (Wildman–Crippen LogP) is 7.31. The van der Waals surface area contributed by atoms with Crippen molar-refractivity contribution in [1.29, 1.82) is 0 Å². The highest BCUT2D eigenvalue weighted by Crippen LogP contribution is 2.37. The molecular weight excluding hydrogens is 355 g/mol. The summed E-state index contributed by atoms with van der Waals surface area (Å²) in [6, 6.07) is 19.8. The number of fused-ring (bicyclic) bond motifs is 3. The molecule has 1 aliphatic carbocycles. The van der Waals surface area contributed by atoms with E-state index < -0.39 is 0 Å². The third kappa shape index (κ3) is 4.77. The van der Waals surface area contributed by atoms with Crippen LogP contribution in [0.1, 0.15) is 66.8 Å². The average molecular weight is 383 g/mol. The summed E-state index contributed by atoms with van der Waals surface area (Å²) < 4.78 is 13.0. The second kappa shape index (κ2) is 9.10. The lowest BCUT2D eigenvalue weighted by Gasteiger charge is -2.06. The smallest absolute Gasteiger partial charge is 0.123 e. The fourth-order valence-electron chi connectivity index (χ4n) is 4.11. The van der Waals surface area contributed by atoms with Gasteiger partial charge in [-0.1, -0.05) is 68.7 Å². The Labute approximate surface area is 173 Å². The summed E-state index contributed by atoms with van der Waals surface area (Å²) >= 11 is 0. The van der Waals surface area contributed by atoms with E-state index in [0.29, 0.717) is 0 Å². The van der Waals surface area contributed by atoms with E-state index in [0.717, 1.165) is 17.5 Å². The summed E-state index contributed by atoms with van der Waals surface area (Å²) in [5, 5.41) is 0. The van der Waals surface area contributed by atoms with Crippen LogP contribution in [0.15, 0.2) is 60.7 Å². The number of hydrogen-bond acceptors (Lipinski definition) is 0. The first-order valence-corrected chi connectivity index (χ1v) is 10.8. The van der Waals surface area contributed by atoms with Crippen molar-refractivity contribution in [3.63, 3.8) is 0 Å². The Kier molecular flexibility index (Phi) is 6.11.